The van der Waals surface area contributed by atoms with Crippen molar-refractivity contribution in [2.45, 2.75) is 51.0 Å². The normalized spacial score (nSPS) is 30.4. The summed E-state index contributed by atoms with van der Waals surface area (Å²) >= 11 is 0. The van der Waals surface area contributed by atoms with Crippen molar-refractivity contribution in [2.75, 3.05) is 0 Å². The maximum absolute atomic E-state index is 12.8. The second-order valence-corrected chi connectivity index (χ2v) is 6.17. The first-order valence-electron chi connectivity index (χ1n) is 8.01. The van der Waals surface area contributed by atoms with E-state index in [2.05, 4.69) is 0 Å². The highest BCUT2D eigenvalue weighted by molar-refractivity contribution is 6.03. The number of carbonyl (C=O) groups is 2. The molecule has 0 N–H and O–H groups in total. The predicted molar refractivity (Wildman–Crippen MR) is 79.8 cm³/mol. The topological polar surface area (TPSA) is 43.4 Å². The monoisotopic (exact) mass is 286 g/mol. The Hall–Kier alpha value is -1.64. The number of rotatable bonds is 3. The van der Waals surface area contributed by atoms with Crippen LogP contribution in [0.3, 0.4) is 0 Å². The van der Waals surface area contributed by atoms with Crippen LogP contribution in [0.15, 0.2) is 30.3 Å². The highest BCUT2D eigenvalue weighted by Gasteiger charge is 2.48. The van der Waals surface area contributed by atoms with Crippen molar-refractivity contribution in [1.82, 2.24) is 0 Å². The zero-order valence-electron chi connectivity index (χ0n) is 12.5. The van der Waals surface area contributed by atoms with Gasteiger partial charge in [0.05, 0.1) is 5.92 Å². The summed E-state index contributed by atoms with van der Waals surface area (Å²) in [7, 11) is 0. The molecule has 2 fully saturated rings. The quantitative estimate of drug-likeness (QED) is 0.631. The summed E-state index contributed by atoms with van der Waals surface area (Å²) in [5.41, 5.74) is 1.06. The Balaban J connectivity index is 1.89. The van der Waals surface area contributed by atoms with E-state index in [0.29, 0.717) is 0 Å². The zero-order chi connectivity index (χ0) is 14.8. The number of fused-ring (bicyclic) bond motifs is 1. The predicted octanol–water partition coefficient (Wildman–Crippen LogP) is 3.48. The molecule has 0 bridgehead atoms. The van der Waals surface area contributed by atoms with E-state index in [1.807, 2.05) is 37.3 Å². The largest absolute Gasteiger partial charge is 0.461 e. The maximum atomic E-state index is 12.8. The van der Waals surface area contributed by atoms with Crippen molar-refractivity contribution in [3.8, 4) is 0 Å². The first-order chi connectivity index (χ1) is 10.2. The molecule has 4 atom stereocenters. The van der Waals surface area contributed by atoms with Crippen LogP contribution < -0.4 is 0 Å². The van der Waals surface area contributed by atoms with Gasteiger partial charge in [-0.25, -0.2) is 0 Å². The molecule has 0 aromatic heterocycles. The fourth-order valence-corrected chi connectivity index (χ4v) is 3.86. The van der Waals surface area contributed by atoms with Gasteiger partial charge >= 0.3 is 5.97 Å². The molecule has 3 nitrogen and oxygen atoms in total. The van der Waals surface area contributed by atoms with E-state index in [1.54, 1.807) is 0 Å². The molecule has 3 heteroatoms. The molecule has 1 aromatic rings. The first-order valence-corrected chi connectivity index (χ1v) is 8.01. The minimum atomic E-state index is -0.614. The van der Waals surface area contributed by atoms with Gasteiger partial charge in [-0.05, 0) is 31.2 Å². The molecule has 1 heterocycles. The Morgan fingerprint density at radius 1 is 1.14 bits per heavy atom. The first kappa shape index (κ1) is 14.3. The number of ketones is 1. The molecule has 4 unspecified atom stereocenters. The molecule has 0 spiro atoms. The van der Waals surface area contributed by atoms with Crippen LogP contribution in [0.5, 0.6) is 0 Å². The Bertz CT molecular complexity index is 523. The van der Waals surface area contributed by atoms with Gasteiger partial charge in [-0.15, -0.1) is 0 Å². The molecule has 1 aliphatic carbocycles. The van der Waals surface area contributed by atoms with Crippen molar-refractivity contribution in [3.05, 3.63) is 35.9 Å². The average Bonchev–Trinajstić information content (AvgIpc) is 2.52. The lowest BCUT2D eigenvalue weighted by Gasteiger charge is -2.39. The van der Waals surface area contributed by atoms with Gasteiger partial charge in [0.15, 0.2) is 5.78 Å². The Morgan fingerprint density at radius 2 is 1.86 bits per heavy atom. The summed E-state index contributed by atoms with van der Waals surface area (Å²) in [4.78, 5) is 25.2. The van der Waals surface area contributed by atoms with Crippen LogP contribution in [0.4, 0.5) is 0 Å². The highest BCUT2D eigenvalue weighted by Crippen LogP contribution is 2.40. The summed E-state index contributed by atoms with van der Waals surface area (Å²) in [6, 6.07) is 9.87. The number of ether oxygens (including phenoxy) is 1. The number of carbonyl (C=O) groups excluding carboxylic acids is 2. The SMILES string of the molecule is CCC(c1ccccc1)C1C(=O)OC2CCCCC2C1=O. The Kier molecular flexibility index (Phi) is 4.09. The molecule has 3 rings (SSSR count). The van der Waals surface area contributed by atoms with Gasteiger partial charge in [-0.1, -0.05) is 43.7 Å². The minimum absolute atomic E-state index is 0.0610. The van der Waals surface area contributed by atoms with E-state index in [-0.39, 0.29) is 29.7 Å². The van der Waals surface area contributed by atoms with Crippen molar-refractivity contribution < 1.29 is 14.3 Å². The summed E-state index contributed by atoms with van der Waals surface area (Å²) in [6.45, 7) is 2.03. The van der Waals surface area contributed by atoms with Gasteiger partial charge in [0.1, 0.15) is 12.0 Å². The van der Waals surface area contributed by atoms with Crippen LogP contribution in [0.25, 0.3) is 0 Å². The van der Waals surface area contributed by atoms with Crippen LogP contribution in [0, 0.1) is 11.8 Å². The van der Waals surface area contributed by atoms with Crippen LogP contribution in [0.2, 0.25) is 0 Å². The average molecular weight is 286 g/mol. The molecule has 1 aliphatic heterocycles. The van der Waals surface area contributed by atoms with Gasteiger partial charge in [0, 0.05) is 5.92 Å². The van der Waals surface area contributed by atoms with E-state index in [4.69, 9.17) is 4.74 Å². The highest BCUT2D eigenvalue weighted by atomic mass is 16.5. The van der Waals surface area contributed by atoms with E-state index in [0.717, 1.165) is 37.7 Å². The molecule has 112 valence electrons. The van der Waals surface area contributed by atoms with Gasteiger partial charge in [-0.2, -0.15) is 0 Å². The summed E-state index contributed by atoms with van der Waals surface area (Å²) in [5.74, 6) is -0.935. The second kappa shape index (κ2) is 6.00. The van der Waals surface area contributed by atoms with E-state index >= 15 is 0 Å². The maximum Gasteiger partial charge on any atom is 0.317 e. The van der Waals surface area contributed by atoms with Crippen molar-refractivity contribution in [3.63, 3.8) is 0 Å². The van der Waals surface area contributed by atoms with Gasteiger partial charge < -0.3 is 4.74 Å². The van der Waals surface area contributed by atoms with Crippen LogP contribution in [-0.4, -0.2) is 17.9 Å². The molecular weight excluding hydrogens is 264 g/mol. The third-order valence-electron chi connectivity index (χ3n) is 4.97. The fourth-order valence-electron chi connectivity index (χ4n) is 3.86. The van der Waals surface area contributed by atoms with Crippen LogP contribution in [0.1, 0.15) is 50.5 Å². The Labute approximate surface area is 125 Å². The molecular formula is C18H22O3. The van der Waals surface area contributed by atoms with E-state index < -0.39 is 5.92 Å². The third-order valence-corrected chi connectivity index (χ3v) is 4.97. The van der Waals surface area contributed by atoms with Gasteiger partial charge in [0.25, 0.3) is 0 Å². The molecule has 0 amide bonds. The molecule has 21 heavy (non-hydrogen) atoms. The Morgan fingerprint density at radius 3 is 2.57 bits per heavy atom. The third kappa shape index (κ3) is 2.61. The van der Waals surface area contributed by atoms with Crippen LogP contribution >= 0.6 is 0 Å². The van der Waals surface area contributed by atoms with Crippen LogP contribution in [-0.2, 0) is 14.3 Å². The lowest BCUT2D eigenvalue weighted by Crippen LogP contribution is -2.49. The minimum Gasteiger partial charge on any atom is -0.461 e. The number of hydrogen-bond donors (Lipinski definition) is 0. The van der Waals surface area contributed by atoms with Crippen molar-refractivity contribution in [2.24, 2.45) is 11.8 Å². The number of esters is 1. The standard InChI is InChI=1S/C18H22O3/c1-2-13(12-8-4-3-5-9-12)16-17(19)14-10-6-7-11-15(14)21-18(16)20/h3-5,8-9,13-16H,2,6-7,10-11H2,1H3. The summed E-state index contributed by atoms with van der Waals surface area (Å²) in [6.07, 6.45) is 4.45. The van der Waals surface area contributed by atoms with Gasteiger partial charge in [-0.3, -0.25) is 9.59 Å². The lowest BCUT2D eigenvalue weighted by atomic mass is 9.71. The molecule has 0 radical (unpaired) electrons. The summed E-state index contributed by atoms with van der Waals surface area (Å²) in [5, 5.41) is 0. The molecule has 1 saturated carbocycles. The number of Topliss-reactive ketones (excluding diaryl/α,β-unsaturated/α-hetero) is 1. The number of hydrogen-bond acceptors (Lipinski definition) is 3. The van der Waals surface area contributed by atoms with Crippen molar-refractivity contribution >= 4 is 11.8 Å². The van der Waals surface area contributed by atoms with E-state index in [1.165, 1.54) is 0 Å². The lowest BCUT2D eigenvalue weighted by molar-refractivity contribution is -0.174. The smallest absolute Gasteiger partial charge is 0.317 e. The molecule has 2 aliphatic rings. The zero-order valence-corrected chi connectivity index (χ0v) is 12.5. The summed E-state index contributed by atoms with van der Waals surface area (Å²) < 4.78 is 5.62. The molecule has 1 aromatic carbocycles. The van der Waals surface area contributed by atoms with E-state index in [9.17, 15) is 9.59 Å². The molecule has 1 saturated heterocycles. The van der Waals surface area contributed by atoms with Crippen molar-refractivity contribution in [1.29, 1.82) is 0 Å². The fraction of sp³-hybridized carbons (Fsp3) is 0.556. The van der Waals surface area contributed by atoms with Gasteiger partial charge in [0.2, 0.25) is 0 Å². The second-order valence-electron chi connectivity index (χ2n) is 6.17. The number of benzene rings is 1.